The minimum Gasteiger partial charge on any atom is -0.492 e. The molecular weight excluding hydrogens is 270 g/mol. The molecule has 20 heavy (non-hydrogen) atoms. The normalized spacial score (nSPS) is 17.9. The highest BCUT2D eigenvalue weighted by molar-refractivity contribution is 6.30. The summed E-state index contributed by atoms with van der Waals surface area (Å²) in [6, 6.07) is 8.13. The number of rotatable bonds is 7. The van der Waals surface area contributed by atoms with Gasteiger partial charge in [-0.15, -0.1) is 0 Å². The Hall–Kier alpha value is -0.730. The lowest BCUT2D eigenvalue weighted by Crippen LogP contribution is -2.42. The van der Waals surface area contributed by atoms with Gasteiger partial charge in [-0.05, 0) is 56.0 Å². The molecule has 1 unspecified atom stereocenters. The van der Waals surface area contributed by atoms with E-state index in [9.17, 15) is 0 Å². The fourth-order valence-electron chi connectivity index (χ4n) is 2.94. The highest BCUT2D eigenvalue weighted by atomic mass is 35.5. The van der Waals surface area contributed by atoms with Gasteiger partial charge in [-0.2, -0.15) is 0 Å². The van der Waals surface area contributed by atoms with E-state index >= 15 is 0 Å². The first-order valence-electron chi connectivity index (χ1n) is 7.91. The molecule has 0 amide bonds. The highest BCUT2D eigenvalue weighted by Crippen LogP contribution is 2.27. The number of ether oxygens (including phenoxy) is 1. The van der Waals surface area contributed by atoms with E-state index in [1.807, 2.05) is 24.3 Å². The molecule has 1 saturated carbocycles. The molecule has 3 heteroatoms. The molecule has 0 aromatic heterocycles. The maximum absolute atomic E-state index is 5.95. The fraction of sp³-hybridized carbons (Fsp3) is 0.647. The number of nitrogens with one attached hydrogen (secondary N) is 1. The van der Waals surface area contributed by atoms with Crippen molar-refractivity contribution < 1.29 is 4.74 Å². The molecule has 2 nitrogen and oxygen atoms in total. The zero-order chi connectivity index (χ0) is 14.2. The van der Waals surface area contributed by atoms with Gasteiger partial charge in [0, 0.05) is 11.1 Å². The summed E-state index contributed by atoms with van der Waals surface area (Å²) in [5.74, 6) is 1.68. The summed E-state index contributed by atoms with van der Waals surface area (Å²) >= 11 is 5.90. The molecule has 112 valence electrons. The summed E-state index contributed by atoms with van der Waals surface area (Å²) in [7, 11) is 0. The number of hydrogen-bond acceptors (Lipinski definition) is 2. The maximum Gasteiger partial charge on any atom is 0.119 e. The van der Waals surface area contributed by atoms with Crippen molar-refractivity contribution in [1.82, 2.24) is 5.32 Å². The maximum atomic E-state index is 5.95. The van der Waals surface area contributed by atoms with Crippen LogP contribution in [-0.4, -0.2) is 19.2 Å². The van der Waals surface area contributed by atoms with Crippen molar-refractivity contribution in [3.8, 4) is 5.75 Å². The summed E-state index contributed by atoms with van der Waals surface area (Å²) in [6.07, 6.45) is 7.99. The first-order chi connectivity index (χ1) is 9.79. The molecule has 2 rings (SSSR count). The molecule has 1 aliphatic carbocycles. The van der Waals surface area contributed by atoms with Gasteiger partial charge in [0.1, 0.15) is 12.4 Å². The van der Waals surface area contributed by atoms with Crippen molar-refractivity contribution in [3.63, 3.8) is 0 Å². The number of halogens is 1. The van der Waals surface area contributed by atoms with E-state index in [-0.39, 0.29) is 0 Å². The van der Waals surface area contributed by atoms with Crippen molar-refractivity contribution in [2.24, 2.45) is 5.92 Å². The summed E-state index contributed by atoms with van der Waals surface area (Å²) in [6.45, 7) is 4.04. The summed E-state index contributed by atoms with van der Waals surface area (Å²) in [5, 5.41) is 4.42. The molecule has 1 aliphatic rings. The molecule has 1 aromatic carbocycles. The Balaban J connectivity index is 1.87. The average Bonchev–Trinajstić information content (AvgIpc) is 2.50. The minimum atomic E-state index is 0.478. The van der Waals surface area contributed by atoms with Crippen molar-refractivity contribution in [3.05, 3.63) is 29.3 Å². The second kappa shape index (κ2) is 8.53. The van der Waals surface area contributed by atoms with Gasteiger partial charge in [0.2, 0.25) is 0 Å². The fourth-order valence-corrected chi connectivity index (χ4v) is 3.07. The van der Waals surface area contributed by atoms with Crippen molar-refractivity contribution in [2.75, 3.05) is 13.2 Å². The van der Waals surface area contributed by atoms with Gasteiger partial charge < -0.3 is 10.1 Å². The monoisotopic (exact) mass is 295 g/mol. The summed E-state index contributed by atoms with van der Waals surface area (Å²) in [4.78, 5) is 0. The van der Waals surface area contributed by atoms with Gasteiger partial charge >= 0.3 is 0 Å². The first kappa shape index (κ1) is 15.7. The molecule has 0 heterocycles. The van der Waals surface area contributed by atoms with Gasteiger partial charge in [-0.1, -0.05) is 37.8 Å². The molecule has 1 aromatic rings. The van der Waals surface area contributed by atoms with Crippen LogP contribution < -0.4 is 10.1 Å². The molecule has 0 radical (unpaired) electrons. The van der Waals surface area contributed by atoms with Crippen LogP contribution in [0.2, 0.25) is 5.02 Å². The third-order valence-corrected chi connectivity index (χ3v) is 4.37. The standard InChI is InChI=1S/C17H26ClNO/c1-2-12-19-17(14-6-4-3-5-7-14)13-20-16-10-8-15(18)9-11-16/h8-11,14,17,19H,2-7,12-13H2,1H3. The van der Waals surface area contributed by atoms with Crippen LogP contribution in [0.1, 0.15) is 45.4 Å². The van der Waals surface area contributed by atoms with E-state index in [1.54, 1.807) is 0 Å². The minimum absolute atomic E-state index is 0.478. The average molecular weight is 296 g/mol. The largest absolute Gasteiger partial charge is 0.492 e. The Morgan fingerprint density at radius 2 is 1.90 bits per heavy atom. The lowest BCUT2D eigenvalue weighted by molar-refractivity contribution is 0.186. The molecule has 0 bridgehead atoms. The third kappa shape index (κ3) is 4.99. The van der Waals surface area contributed by atoms with Crippen LogP contribution in [0.5, 0.6) is 5.75 Å². The van der Waals surface area contributed by atoms with E-state index in [0.717, 1.165) is 29.8 Å². The van der Waals surface area contributed by atoms with Crippen LogP contribution in [0.15, 0.2) is 24.3 Å². The van der Waals surface area contributed by atoms with Crippen molar-refractivity contribution in [2.45, 2.75) is 51.5 Å². The zero-order valence-corrected chi connectivity index (χ0v) is 13.2. The van der Waals surface area contributed by atoms with Crippen LogP contribution in [0.3, 0.4) is 0 Å². The molecule has 1 atom stereocenters. The molecule has 0 spiro atoms. The van der Waals surface area contributed by atoms with Crippen LogP contribution in [-0.2, 0) is 0 Å². The molecule has 1 N–H and O–H groups in total. The second-order valence-electron chi connectivity index (χ2n) is 5.72. The second-order valence-corrected chi connectivity index (χ2v) is 6.16. The smallest absolute Gasteiger partial charge is 0.119 e. The Morgan fingerprint density at radius 3 is 2.55 bits per heavy atom. The predicted molar refractivity (Wildman–Crippen MR) is 85.6 cm³/mol. The van der Waals surface area contributed by atoms with Crippen LogP contribution in [0.25, 0.3) is 0 Å². The quantitative estimate of drug-likeness (QED) is 0.789. The van der Waals surface area contributed by atoms with Crippen molar-refractivity contribution in [1.29, 1.82) is 0 Å². The SMILES string of the molecule is CCCNC(COc1ccc(Cl)cc1)C1CCCCC1. The highest BCUT2D eigenvalue weighted by Gasteiger charge is 2.23. The lowest BCUT2D eigenvalue weighted by Gasteiger charge is -2.31. The summed E-state index contributed by atoms with van der Waals surface area (Å²) < 4.78 is 5.95. The van der Waals surface area contributed by atoms with E-state index in [4.69, 9.17) is 16.3 Å². The van der Waals surface area contributed by atoms with Crippen LogP contribution in [0.4, 0.5) is 0 Å². The van der Waals surface area contributed by atoms with Gasteiger partial charge in [-0.3, -0.25) is 0 Å². The van der Waals surface area contributed by atoms with Gasteiger partial charge in [0.25, 0.3) is 0 Å². The van der Waals surface area contributed by atoms with E-state index in [2.05, 4.69) is 12.2 Å². The van der Waals surface area contributed by atoms with Gasteiger partial charge in [0.05, 0.1) is 0 Å². The Bertz CT molecular complexity index is 373. The van der Waals surface area contributed by atoms with E-state index in [0.29, 0.717) is 6.04 Å². The first-order valence-corrected chi connectivity index (χ1v) is 8.29. The molecular formula is C17H26ClNO. The molecule has 0 saturated heterocycles. The third-order valence-electron chi connectivity index (χ3n) is 4.12. The molecule has 1 fully saturated rings. The van der Waals surface area contributed by atoms with Gasteiger partial charge in [0.15, 0.2) is 0 Å². The number of hydrogen-bond donors (Lipinski definition) is 1. The Kier molecular flexibility index (Phi) is 6.68. The van der Waals surface area contributed by atoms with E-state index < -0.39 is 0 Å². The van der Waals surface area contributed by atoms with Crippen molar-refractivity contribution >= 4 is 11.6 Å². The van der Waals surface area contributed by atoms with Crippen LogP contribution >= 0.6 is 11.6 Å². The molecule has 0 aliphatic heterocycles. The summed E-state index contributed by atoms with van der Waals surface area (Å²) in [5.41, 5.74) is 0. The lowest BCUT2D eigenvalue weighted by atomic mass is 9.84. The van der Waals surface area contributed by atoms with Crippen LogP contribution in [0, 0.1) is 5.92 Å². The Labute approximate surface area is 127 Å². The van der Waals surface area contributed by atoms with E-state index in [1.165, 1.54) is 38.5 Å². The number of benzene rings is 1. The van der Waals surface area contributed by atoms with Gasteiger partial charge in [-0.25, -0.2) is 0 Å². The Morgan fingerprint density at radius 1 is 1.20 bits per heavy atom. The predicted octanol–water partition coefficient (Wildman–Crippen LogP) is 4.67. The topological polar surface area (TPSA) is 21.3 Å². The zero-order valence-electron chi connectivity index (χ0n) is 12.4.